The molecule has 2 rings (SSSR count). The number of benzene rings is 1. The van der Waals surface area contributed by atoms with Gasteiger partial charge >= 0.3 is 0 Å². The molecule has 1 aromatic carbocycles. The van der Waals surface area contributed by atoms with Crippen LogP contribution in [0.5, 0.6) is 5.75 Å². The number of hydrogen-bond donors (Lipinski definition) is 2. The van der Waals surface area contributed by atoms with Crippen molar-refractivity contribution in [1.82, 2.24) is 0 Å². The molecule has 2 nitrogen and oxygen atoms in total. The predicted octanol–water partition coefficient (Wildman–Crippen LogP) is 2.38. The third kappa shape index (κ3) is 1.83. The van der Waals surface area contributed by atoms with Crippen LogP contribution in [-0.4, -0.2) is 11.1 Å². The van der Waals surface area contributed by atoms with Gasteiger partial charge in [0.2, 0.25) is 0 Å². The zero-order valence-corrected chi connectivity index (χ0v) is 9.17. The third-order valence-corrected chi connectivity index (χ3v) is 3.23. The average molecular weight is 221 g/mol. The van der Waals surface area contributed by atoms with Crippen molar-refractivity contribution >= 4 is 6.08 Å². The molecule has 0 amide bonds. The molecule has 16 heavy (non-hydrogen) atoms. The van der Waals surface area contributed by atoms with Gasteiger partial charge in [0.1, 0.15) is 11.6 Å². The summed E-state index contributed by atoms with van der Waals surface area (Å²) in [6, 6.07) is 1.77. The second-order valence-corrected chi connectivity index (χ2v) is 4.30. The first-order valence-corrected chi connectivity index (χ1v) is 5.54. The van der Waals surface area contributed by atoms with Gasteiger partial charge in [-0.25, -0.2) is 4.39 Å². The molecule has 1 aliphatic rings. The van der Waals surface area contributed by atoms with Crippen molar-refractivity contribution < 1.29 is 9.50 Å². The Labute approximate surface area is 94.6 Å². The standard InChI is InChI=1S/C13H16FNO/c1-2-10-12(16)7-8-3-4-9(15)5-6-11(8)13(10)14/h2,7,9,16H,1,3-6,15H2/t9-/m0/s1. The lowest BCUT2D eigenvalue weighted by molar-refractivity contribution is 0.465. The largest absolute Gasteiger partial charge is 0.507 e. The molecule has 0 spiro atoms. The Morgan fingerprint density at radius 2 is 2.12 bits per heavy atom. The van der Waals surface area contributed by atoms with Crippen molar-refractivity contribution in [2.75, 3.05) is 0 Å². The highest BCUT2D eigenvalue weighted by Crippen LogP contribution is 2.31. The summed E-state index contributed by atoms with van der Waals surface area (Å²) in [5, 5.41) is 9.66. The Balaban J connectivity index is 2.52. The molecule has 0 radical (unpaired) electrons. The number of halogens is 1. The molecule has 0 aromatic heterocycles. The normalized spacial score (nSPS) is 20.0. The summed E-state index contributed by atoms with van der Waals surface area (Å²) in [5.41, 5.74) is 7.65. The van der Waals surface area contributed by atoms with Crippen LogP contribution in [0.1, 0.15) is 29.5 Å². The molecule has 0 unspecified atom stereocenters. The lowest BCUT2D eigenvalue weighted by Crippen LogP contribution is -2.19. The number of nitrogens with two attached hydrogens (primary N) is 1. The number of phenolic OH excluding ortho intramolecular Hbond substituents is 1. The average Bonchev–Trinajstić information content (AvgIpc) is 2.42. The van der Waals surface area contributed by atoms with Gasteiger partial charge in [0.25, 0.3) is 0 Å². The molecule has 0 fully saturated rings. The van der Waals surface area contributed by atoms with Crippen LogP contribution in [0.25, 0.3) is 6.08 Å². The van der Waals surface area contributed by atoms with Crippen LogP contribution in [0.3, 0.4) is 0 Å². The van der Waals surface area contributed by atoms with Crippen molar-refractivity contribution in [2.24, 2.45) is 5.73 Å². The van der Waals surface area contributed by atoms with E-state index in [0.717, 1.165) is 24.8 Å². The second-order valence-electron chi connectivity index (χ2n) is 4.30. The Morgan fingerprint density at radius 3 is 2.81 bits per heavy atom. The van der Waals surface area contributed by atoms with Crippen LogP contribution < -0.4 is 5.73 Å². The second kappa shape index (κ2) is 4.26. The molecule has 1 atom stereocenters. The topological polar surface area (TPSA) is 46.2 Å². The van der Waals surface area contributed by atoms with Crippen LogP contribution in [-0.2, 0) is 12.8 Å². The van der Waals surface area contributed by atoms with Crippen molar-refractivity contribution in [3.8, 4) is 5.75 Å². The molecule has 1 aromatic rings. The lowest BCUT2D eigenvalue weighted by atomic mass is 9.98. The molecule has 86 valence electrons. The summed E-state index contributed by atoms with van der Waals surface area (Å²) >= 11 is 0. The SMILES string of the molecule is C=Cc1c(O)cc2c(c1F)CC[C@@H](N)CC2. The van der Waals surface area contributed by atoms with E-state index in [1.165, 1.54) is 6.08 Å². The molecule has 3 heteroatoms. The summed E-state index contributed by atoms with van der Waals surface area (Å²) in [4.78, 5) is 0. The number of hydrogen-bond acceptors (Lipinski definition) is 2. The molecular weight excluding hydrogens is 205 g/mol. The first kappa shape index (κ1) is 11.1. The monoisotopic (exact) mass is 221 g/mol. The van der Waals surface area contributed by atoms with Crippen LogP contribution >= 0.6 is 0 Å². The number of aromatic hydroxyl groups is 1. The van der Waals surface area contributed by atoms with Crippen LogP contribution in [0.2, 0.25) is 0 Å². The van der Waals surface area contributed by atoms with E-state index in [-0.39, 0.29) is 23.2 Å². The van der Waals surface area contributed by atoms with Gasteiger partial charge in [-0.15, -0.1) is 0 Å². The Kier molecular flexibility index (Phi) is 2.97. The molecular formula is C13H16FNO. The predicted molar refractivity (Wildman–Crippen MR) is 62.8 cm³/mol. The van der Waals surface area contributed by atoms with Crippen molar-refractivity contribution in [3.05, 3.63) is 35.2 Å². The fourth-order valence-corrected chi connectivity index (χ4v) is 2.25. The van der Waals surface area contributed by atoms with Crippen LogP contribution in [0, 0.1) is 5.82 Å². The number of aryl methyl sites for hydroxylation is 1. The number of fused-ring (bicyclic) bond motifs is 1. The van der Waals surface area contributed by atoms with Gasteiger partial charge in [-0.1, -0.05) is 12.7 Å². The number of rotatable bonds is 1. The third-order valence-electron chi connectivity index (χ3n) is 3.23. The molecule has 1 aliphatic carbocycles. The number of phenols is 1. The van der Waals surface area contributed by atoms with Gasteiger partial charge in [0.05, 0.1) is 5.56 Å². The molecule has 0 heterocycles. The first-order valence-electron chi connectivity index (χ1n) is 5.54. The Bertz CT molecular complexity index is 428. The summed E-state index contributed by atoms with van der Waals surface area (Å²) in [6.45, 7) is 3.52. The van der Waals surface area contributed by atoms with Gasteiger partial charge in [0.15, 0.2) is 0 Å². The van der Waals surface area contributed by atoms with E-state index in [4.69, 9.17) is 5.73 Å². The highest BCUT2D eigenvalue weighted by molar-refractivity contribution is 5.59. The smallest absolute Gasteiger partial charge is 0.137 e. The summed E-state index contributed by atoms with van der Waals surface area (Å²) in [6.07, 6.45) is 4.38. The highest BCUT2D eigenvalue weighted by Gasteiger charge is 2.20. The van der Waals surface area contributed by atoms with Gasteiger partial charge < -0.3 is 10.8 Å². The van der Waals surface area contributed by atoms with E-state index in [1.807, 2.05) is 0 Å². The first-order chi connectivity index (χ1) is 7.63. The summed E-state index contributed by atoms with van der Waals surface area (Å²) < 4.78 is 14.1. The van der Waals surface area contributed by atoms with Crippen LogP contribution in [0.4, 0.5) is 4.39 Å². The molecule has 3 N–H and O–H groups in total. The quantitative estimate of drug-likeness (QED) is 0.715. The van der Waals surface area contributed by atoms with E-state index in [2.05, 4.69) is 6.58 Å². The Hall–Kier alpha value is -1.35. The fraction of sp³-hybridized carbons (Fsp3) is 0.385. The highest BCUT2D eigenvalue weighted by atomic mass is 19.1. The zero-order valence-electron chi connectivity index (χ0n) is 9.17. The fourth-order valence-electron chi connectivity index (χ4n) is 2.25. The maximum absolute atomic E-state index is 14.1. The van der Waals surface area contributed by atoms with E-state index >= 15 is 0 Å². The van der Waals surface area contributed by atoms with Gasteiger partial charge in [-0.2, -0.15) is 0 Å². The summed E-state index contributed by atoms with van der Waals surface area (Å²) in [7, 11) is 0. The maximum atomic E-state index is 14.1. The lowest BCUT2D eigenvalue weighted by Gasteiger charge is -2.11. The minimum atomic E-state index is -0.334. The minimum Gasteiger partial charge on any atom is -0.507 e. The van der Waals surface area contributed by atoms with Crippen LogP contribution in [0.15, 0.2) is 12.6 Å². The molecule has 0 aliphatic heterocycles. The van der Waals surface area contributed by atoms with E-state index in [0.29, 0.717) is 12.0 Å². The van der Waals surface area contributed by atoms with E-state index in [1.54, 1.807) is 6.07 Å². The minimum absolute atomic E-state index is 0.0262. The van der Waals surface area contributed by atoms with Crippen molar-refractivity contribution in [1.29, 1.82) is 0 Å². The van der Waals surface area contributed by atoms with E-state index < -0.39 is 0 Å². The zero-order chi connectivity index (χ0) is 11.7. The van der Waals surface area contributed by atoms with Gasteiger partial charge in [-0.3, -0.25) is 0 Å². The maximum Gasteiger partial charge on any atom is 0.137 e. The van der Waals surface area contributed by atoms with Crippen molar-refractivity contribution in [2.45, 2.75) is 31.7 Å². The Morgan fingerprint density at radius 1 is 1.44 bits per heavy atom. The van der Waals surface area contributed by atoms with Gasteiger partial charge in [0, 0.05) is 6.04 Å². The van der Waals surface area contributed by atoms with E-state index in [9.17, 15) is 9.50 Å². The molecule has 0 bridgehead atoms. The molecule has 0 saturated carbocycles. The van der Waals surface area contributed by atoms with Gasteiger partial charge in [-0.05, 0) is 42.9 Å². The van der Waals surface area contributed by atoms with Crippen molar-refractivity contribution in [3.63, 3.8) is 0 Å². The molecule has 0 saturated heterocycles. The summed E-state index contributed by atoms with van der Waals surface area (Å²) in [5.74, 6) is -0.360.